The Balaban J connectivity index is 2.29. The molecule has 0 bridgehead atoms. The first-order valence-electron chi connectivity index (χ1n) is 7.24. The van der Waals surface area contributed by atoms with Crippen LogP contribution in [0.5, 0.6) is 0 Å². The van der Waals surface area contributed by atoms with Crippen LogP contribution in [0, 0.1) is 0 Å². The SMILES string of the molecule is CC(NCCC(=O)N(C)C)C(=O)N1CCCCCC1. The van der Waals surface area contributed by atoms with Crippen LogP contribution < -0.4 is 5.32 Å². The molecule has 0 aromatic heterocycles. The second kappa shape index (κ2) is 8.15. The number of nitrogens with one attached hydrogen (secondary N) is 1. The Morgan fingerprint density at radius 3 is 2.26 bits per heavy atom. The van der Waals surface area contributed by atoms with E-state index < -0.39 is 0 Å². The van der Waals surface area contributed by atoms with Crippen molar-refractivity contribution in [2.24, 2.45) is 0 Å². The van der Waals surface area contributed by atoms with E-state index in [0.717, 1.165) is 25.9 Å². The summed E-state index contributed by atoms with van der Waals surface area (Å²) in [6, 6.07) is -0.201. The van der Waals surface area contributed by atoms with E-state index in [-0.39, 0.29) is 17.9 Å². The molecule has 1 saturated heterocycles. The zero-order valence-electron chi connectivity index (χ0n) is 12.4. The van der Waals surface area contributed by atoms with Gasteiger partial charge in [0.2, 0.25) is 11.8 Å². The predicted octanol–water partition coefficient (Wildman–Crippen LogP) is 0.845. The molecule has 1 rings (SSSR count). The van der Waals surface area contributed by atoms with Gasteiger partial charge in [-0.2, -0.15) is 0 Å². The number of amides is 2. The summed E-state index contributed by atoms with van der Waals surface area (Å²) >= 11 is 0. The summed E-state index contributed by atoms with van der Waals surface area (Å²) in [5.74, 6) is 0.251. The van der Waals surface area contributed by atoms with Gasteiger partial charge < -0.3 is 15.1 Å². The lowest BCUT2D eigenvalue weighted by Gasteiger charge is -2.24. The molecule has 1 heterocycles. The minimum Gasteiger partial charge on any atom is -0.349 e. The predicted molar refractivity (Wildman–Crippen MR) is 75.8 cm³/mol. The molecule has 1 atom stereocenters. The van der Waals surface area contributed by atoms with E-state index in [2.05, 4.69) is 5.32 Å². The van der Waals surface area contributed by atoms with Crippen LogP contribution in [0.4, 0.5) is 0 Å². The fraction of sp³-hybridized carbons (Fsp3) is 0.857. The Kier molecular flexibility index (Phi) is 6.84. The van der Waals surface area contributed by atoms with Crippen molar-refractivity contribution in [3.63, 3.8) is 0 Å². The highest BCUT2D eigenvalue weighted by Crippen LogP contribution is 2.10. The van der Waals surface area contributed by atoms with Crippen molar-refractivity contribution in [1.82, 2.24) is 15.1 Å². The molecule has 0 saturated carbocycles. The van der Waals surface area contributed by atoms with Gasteiger partial charge in [0, 0.05) is 40.2 Å². The van der Waals surface area contributed by atoms with Gasteiger partial charge in [-0.05, 0) is 19.8 Å². The van der Waals surface area contributed by atoms with Gasteiger partial charge in [0.1, 0.15) is 0 Å². The van der Waals surface area contributed by atoms with Gasteiger partial charge in [0.05, 0.1) is 6.04 Å². The third-order valence-electron chi connectivity index (χ3n) is 3.58. The molecule has 0 aromatic carbocycles. The van der Waals surface area contributed by atoms with E-state index in [1.165, 1.54) is 12.8 Å². The van der Waals surface area contributed by atoms with Gasteiger partial charge in [0.15, 0.2) is 0 Å². The molecule has 19 heavy (non-hydrogen) atoms. The Bertz CT molecular complexity index is 297. The van der Waals surface area contributed by atoms with E-state index in [4.69, 9.17) is 0 Å². The van der Waals surface area contributed by atoms with Crippen molar-refractivity contribution in [2.75, 3.05) is 33.7 Å². The average Bonchev–Trinajstić information content (AvgIpc) is 2.66. The zero-order valence-corrected chi connectivity index (χ0v) is 12.4. The molecule has 1 N–H and O–H groups in total. The molecule has 5 nitrogen and oxygen atoms in total. The maximum absolute atomic E-state index is 12.2. The van der Waals surface area contributed by atoms with Crippen molar-refractivity contribution < 1.29 is 9.59 Å². The van der Waals surface area contributed by atoms with Crippen molar-refractivity contribution in [1.29, 1.82) is 0 Å². The second-order valence-electron chi connectivity index (χ2n) is 5.45. The fourth-order valence-electron chi connectivity index (χ4n) is 2.27. The molecular formula is C14H27N3O2. The van der Waals surface area contributed by atoms with Crippen LogP contribution in [-0.4, -0.2) is 61.4 Å². The van der Waals surface area contributed by atoms with Crippen LogP contribution in [0.2, 0.25) is 0 Å². The summed E-state index contributed by atoms with van der Waals surface area (Å²) < 4.78 is 0. The third kappa shape index (κ3) is 5.59. The molecular weight excluding hydrogens is 242 g/mol. The van der Waals surface area contributed by atoms with Gasteiger partial charge in [0.25, 0.3) is 0 Å². The van der Waals surface area contributed by atoms with Crippen LogP contribution in [0.15, 0.2) is 0 Å². The third-order valence-corrected chi connectivity index (χ3v) is 3.58. The van der Waals surface area contributed by atoms with Crippen LogP contribution in [0.1, 0.15) is 39.0 Å². The minimum absolute atomic E-state index is 0.0851. The monoisotopic (exact) mass is 269 g/mol. The number of likely N-dealkylation sites (tertiary alicyclic amines) is 1. The summed E-state index contributed by atoms with van der Waals surface area (Å²) in [7, 11) is 3.49. The standard InChI is InChI=1S/C14H27N3O2/c1-12(15-9-8-13(18)16(2)3)14(19)17-10-6-4-5-7-11-17/h12,15H,4-11H2,1-3H3. The fourth-order valence-corrected chi connectivity index (χ4v) is 2.27. The Morgan fingerprint density at radius 1 is 1.16 bits per heavy atom. The molecule has 0 aliphatic carbocycles. The molecule has 1 fully saturated rings. The lowest BCUT2D eigenvalue weighted by atomic mass is 10.2. The van der Waals surface area contributed by atoms with E-state index in [9.17, 15) is 9.59 Å². The van der Waals surface area contributed by atoms with Gasteiger partial charge in [-0.15, -0.1) is 0 Å². The van der Waals surface area contributed by atoms with E-state index in [1.54, 1.807) is 19.0 Å². The van der Waals surface area contributed by atoms with Crippen molar-refractivity contribution in [3.05, 3.63) is 0 Å². The van der Waals surface area contributed by atoms with Gasteiger partial charge >= 0.3 is 0 Å². The molecule has 1 aliphatic heterocycles. The Labute approximate surface area is 116 Å². The first-order valence-corrected chi connectivity index (χ1v) is 7.24. The summed E-state index contributed by atoms with van der Waals surface area (Å²) in [5.41, 5.74) is 0. The largest absolute Gasteiger partial charge is 0.349 e. The second-order valence-corrected chi connectivity index (χ2v) is 5.45. The Morgan fingerprint density at radius 2 is 1.74 bits per heavy atom. The highest BCUT2D eigenvalue weighted by Gasteiger charge is 2.20. The van der Waals surface area contributed by atoms with E-state index >= 15 is 0 Å². The van der Waals surface area contributed by atoms with E-state index in [0.29, 0.717) is 13.0 Å². The van der Waals surface area contributed by atoms with Crippen LogP contribution in [0.3, 0.4) is 0 Å². The lowest BCUT2D eigenvalue weighted by Crippen LogP contribution is -2.46. The highest BCUT2D eigenvalue weighted by molar-refractivity contribution is 5.81. The van der Waals surface area contributed by atoms with Crippen LogP contribution in [-0.2, 0) is 9.59 Å². The molecule has 0 aromatic rings. The maximum Gasteiger partial charge on any atom is 0.239 e. The molecule has 110 valence electrons. The smallest absolute Gasteiger partial charge is 0.239 e. The molecule has 1 unspecified atom stereocenters. The normalized spacial score (nSPS) is 17.7. The quantitative estimate of drug-likeness (QED) is 0.805. The van der Waals surface area contributed by atoms with Gasteiger partial charge in [-0.25, -0.2) is 0 Å². The van der Waals surface area contributed by atoms with Gasteiger partial charge in [-0.3, -0.25) is 9.59 Å². The number of carbonyl (C=O) groups excluding carboxylic acids is 2. The number of hydrogen-bond acceptors (Lipinski definition) is 3. The average molecular weight is 269 g/mol. The van der Waals surface area contributed by atoms with Crippen molar-refractivity contribution in [2.45, 2.75) is 45.1 Å². The molecule has 0 radical (unpaired) electrons. The topological polar surface area (TPSA) is 52.7 Å². The first-order chi connectivity index (χ1) is 9.02. The van der Waals surface area contributed by atoms with Crippen molar-refractivity contribution >= 4 is 11.8 Å². The first kappa shape index (κ1) is 16.0. The summed E-state index contributed by atoms with van der Waals surface area (Å²) in [4.78, 5) is 27.2. The summed E-state index contributed by atoms with van der Waals surface area (Å²) in [5, 5.41) is 3.15. The lowest BCUT2D eigenvalue weighted by molar-refractivity contribution is -0.133. The van der Waals surface area contributed by atoms with E-state index in [1.807, 2.05) is 11.8 Å². The number of carbonyl (C=O) groups is 2. The van der Waals surface area contributed by atoms with Crippen LogP contribution >= 0.6 is 0 Å². The molecule has 1 aliphatic rings. The van der Waals surface area contributed by atoms with Crippen molar-refractivity contribution in [3.8, 4) is 0 Å². The Hall–Kier alpha value is -1.10. The van der Waals surface area contributed by atoms with Gasteiger partial charge in [-0.1, -0.05) is 12.8 Å². The number of nitrogens with zero attached hydrogens (tertiary/aromatic N) is 2. The summed E-state index contributed by atoms with van der Waals surface area (Å²) in [6.45, 7) is 4.19. The van der Waals surface area contributed by atoms with Crippen LogP contribution in [0.25, 0.3) is 0 Å². The maximum atomic E-state index is 12.2. The highest BCUT2D eigenvalue weighted by atomic mass is 16.2. The minimum atomic E-state index is -0.201. The molecule has 2 amide bonds. The number of rotatable bonds is 5. The molecule has 5 heteroatoms. The molecule has 0 spiro atoms. The number of hydrogen-bond donors (Lipinski definition) is 1. The zero-order chi connectivity index (χ0) is 14.3. The summed E-state index contributed by atoms with van der Waals surface area (Å²) in [6.07, 6.45) is 5.10.